The number of carbonyl (C=O) groups is 1. The zero-order valence-electron chi connectivity index (χ0n) is 8.27. The van der Waals surface area contributed by atoms with Gasteiger partial charge in [0.25, 0.3) is 0 Å². The maximum Gasteiger partial charge on any atom is 0.242 e. The molecule has 15 heavy (non-hydrogen) atoms. The Bertz CT molecular complexity index is 345. The van der Waals surface area contributed by atoms with E-state index in [1.54, 1.807) is 6.19 Å². The predicted octanol–water partition coefficient (Wildman–Crippen LogP) is 1.56. The fraction of sp³-hybridized carbons (Fsp3) is 0.273. The minimum Gasteiger partial charge on any atom is -0.273 e. The summed E-state index contributed by atoms with van der Waals surface area (Å²) < 4.78 is 0. The summed E-state index contributed by atoms with van der Waals surface area (Å²) in [4.78, 5) is 10.9. The summed E-state index contributed by atoms with van der Waals surface area (Å²) in [5.74, 6) is 1.01. The van der Waals surface area contributed by atoms with Crippen LogP contribution in [0.25, 0.3) is 0 Å². The second-order valence-electron chi connectivity index (χ2n) is 2.95. The van der Waals surface area contributed by atoms with E-state index >= 15 is 0 Å². The Balaban J connectivity index is 2.13. The van der Waals surface area contributed by atoms with Crippen molar-refractivity contribution in [2.24, 2.45) is 0 Å². The van der Waals surface area contributed by atoms with Crippen LogP contribution in [0.1, 0.15) is 5.56 Å². The average Bonchev–Trinajstić information content (AvgIpc) is 2.26. The normalized spacial score (nSPS) is 9.27. The fourth-order valence-corrected chi connectivity index (χ4v) is 1.88. The summed E-state index contributed by atoms with van der Waals surface area (Å²) in [7, 11) is 0. The molecule has 0 saturated carbocycles. The second kappa shape index (κ2) is 6.91. The number of aryl methyl sites for hydroxylation is 1. The van der Waals surface area contributed by atoms with E-state index in [1.165, 1.54) is 17.3 Å². The van der Waals surface area contributed by atoms with Crippen molar-refractivity contribution >= 4 is 17.7 Å². The van der Waals surface area contributed by atoms with Crippen LogP contribution in [0.3, 0.4) is 0 Å². The molecule has 0 atom stereocenters. The van der Waals surface area contributed by atoms with Crippen LogP contribution in [-0.2, 0) is 11.2 Å². The first-order valence-corrected chi connectivity index (χ1v) is 5.78. The van der Waals surface area contributed by atoms with Gasteiger partial charge in [0.05, 0.1) is 5.75 Å². The van der Waals surface area contributed by atoms with E-state index < -0.39 is 0 Å². The Hall–Kier alpha value is -1.47. The molecular weight excluding hydrogens is 208 g/mol. The Morgan fingerprint density at radius 2 is 2.13 bits per heavy atom. The topological polar surface area (TPSA) is 52.9 Å². The number of amides is 1. The Morgan fingerprint density at radius 1 is 1.40 bits per heavy atom. The molecule has 1 aromatic rings. The van der Waals surface area contributed by atoms with Gasteiger partial charge < -0.3 is 0 Å². The third-order valence-electron chi connectivity index (χ3n) is 1.81. The summed E-state index contributed by atoms with van der Waals surface area (Å²) in [5, 5.41) is 10.3. The molecule has 0 unspecified atom stereocenters. The maximum atomic E-state index is 10.9. The number of carbonyl (C=O) groups excluding carboxylic acids is 1. The van der Waals surface area contributed by atoms with Crippen LogP contribution in [0.15, 0.2) is 30.3 Å². The molecule has 0 spiro atoms. The highest BCUT2D eigenvalue weighted by molar-refractivity contribution is 7.99. The minimum absolute atomic E-state index is 0.226. The van der Waals surface area contributed by atoms with Gasteiger partial charge in [0.2, 0.25) is 5.91 Å². The van der Waals surface area contributed by atoms with Crippen molar-refractivity contribution < 1.29 is 4.79 Å². The van der Waals surface area contributed by atoms with Crippen LogP contribution in [0.4, 0.5) is 0 Å². The molecule has 1 rings (SSSR count). The highest BCUT2D eigenvalue weighted by atomic mass is 32.2. The van der Waals surface area contributed by atoms with Crippen molar-refractivity contribution in [3.05, 3.63) is 35.9 Å². The molecule has 1 aromatic carbocycles. The van der Waals surface area contributed by atoms with Crippen LogP contribution in [0.2, 0.25) is 0 Å². The molecule has 0 aliphatic rings. The third-order valence-corrected chi connectivity index (χ3v) is 2.77. The zero-order chi connectivity index (χ0) is 10.9. The lowest BCUT2D eigenvalue weighted by Crippen LogP contribution is -2.19. The van der Waals surface area contributed by atoms with Crippen LogP contribution >= 0.6 is 11.8 Å². The Kier molecular flexibility index (Phi) is 5.34. The number of rotatable bonds is 5. The van der Waals surface area contributed by atoms with E-state index in [2.05, 4.69) is 17.4 Å². The van der Waals surface area contributed by atoms with Crippen molar-refractivity contribution in [3.8, 4) is 6.19 Å². The molecule has 1 amide bonds. The van der Waals surface area contributed by atoms with E-state index in [-0.39, 0.29) is 5.91 Å². The highest BCUT2D eigenvalue weighted by Gasteiger charge is 1.99. The standard InChI is InChI=1S/C11H12N2OS/c12-9-13-11(14)8-15-7-6-10-4-2-1-3-5-10/h1-5H,6-8H2,(H,13,14). The van der Waals surface area contributed by atoms with Gasteiger partial charge in [0, 0.05) is 0 Å². The van der Waals surface area contributed by atoms with E-state index in [0.717, 1.165) is 12.2 Å². The molecule has 4 heteroatoms. The number of nitriles is 1. The SMILES string of the molecule is N#CNC(=O)CSCCc1ccccc1. The fourth-order valence-electron chi connectivity index (χ4n) is 1.10. The van der Waals surface area contributed by atoms with Crippen molar-refractivity contribution in [1.29, 1.82) is 5.26 Å². The monoisotopic (exact) mass is 220 g/mol. The number of hydrogen-bond acceptors (Lipinski definition) is 3. The predicted molar refractivity (Wildman–Crippen MR) is 61.2 cm³/mol. The van der Waals surface area contributed by atoms with Crippen molar-refractivity contribution in [2.45, 2.75) is 6.42 Å². The molecule has 0 heterocycles. The van der Waals surface area contributed by atoms with E-state index in [9.17, 15) is 4.79 Å². The van der Waals surface area contributed by atoms with E-state index in [0.29, 0.717) is 5.75 Å². The van der Waals surface area contributed by atoms with Crippen LogP contribution in [0.5, 0.6) is 0 Å². The van der Waals surface area contributed by atoms with Crippen molar-refractivity contribution in [2.75, 3.05) is 11.5 Å². The molecular formula is C11H12N2OS. The summed E-state index contributed by atoms with van der Waals surface area (Å²) in [5.41, 5.74) is 1.27. The molecule has 0 aliphatic heterocycles. The largest absolute Gasteiger partial charge is 0.273 e. The van der Waals surface area contributed by atoms with Gasteiger partial charge in [-0.2, -0.15) is 17.0 Å². The molecule has 0 aliphatic carbocycles. The molecule has 0 bridgehead atoms. The van der Waals surface area contributed by atoms with Gasteiger partial charge in [-0.05, 0) is 17.7 Å². The molecule has 0 radical (unpaired) electrons. The van der Waals surface area contributed by atoms with Gasteiger partial charge >= 0.3 is 0 Å². The van der Waals surface area contributed by atoms with Gasteiger partial charge in [-0.1, -0.05) is 30.3 Å². The number of hydrogen-bond donors (Lipinski definition) is 1. The average molecular weight is 220 g/mol. The number of nitrogens with one attached hydrogen (secondary N) is 1. The smallest absolute Gasteiger partial charge is 0.242 e. The highest BCUT2D eigenvalue weighted by Crippen LogP contribution is 2.06. The lowest BCUT2D eigenvalue weighted by molar-refractivity contribution is -0.117. The van der Waals surface area contributed by atoms with Crippen LogP contribution < -0.4 is 5.32 Å². The number of benzene rings is 1. The molecule has 0 aromatic heterocycles. The summed E-state index contributed by atoms with van der Waals surface area (Å²) >= 11 is 1.53. The van der Waals surface area contributed by atoms with Crippen LogP contribution in [-0.4, -0.2) is 17.4 Å². The first kappa shape index (κ1) is 11.6. The molecule has 3 nitrogen and oxygen atoms in total. The molecule has 1 N–H and O–H groups in total. The van der Waals surface area contributed by atoms with Gasteiger partial charge in [-0.15, -0.1) is 0 Å². The summed E-state index contributed by atoms with van der Waals surface area (Å²) in [6.45, 7) is 0. The third kappa shape index (κ3) is 5.08. The maximum absolute atomic E-state index is 10.9. The number of thioether (sulfide) groups is 1. The molecule has 78 valence electrons. The lowest BCUT2D eigenvalue weighted by atomic mass is 10.2. The van der Waals surface area contributed by atoms with Crippen LogP contribution in [0, 0.1) is 11.5 Å². The van der Waals surface area contributed by atoms with E-state index in [1.807, 2.05) is 18.2 Å². The molecule has 0 fully saturated rings. The molecule has 0 saturated heterocycles. The first-order valence-electron chi connectivity index (χ1n) is 4.62. The van der Waals surface area contributed by atoms with Gasteiger partial charge in [0.15, 0.2) is 6.19 Å². The van der Waals surface area contributed by atoms with Gasteiger partial charge in [-0.3, -0.25) is 10.1 Å². The summed E-state index contributed by atoms with van der Waals surface area (Å²) in [6.07, 6.45) is 2.56. The van der Waals surface area contributed by atoms with Crippen molar-refractivity contribution in [1.82, 2.24) is 5.32 Å². The first-order chi connectivity index (χ1) is 7.33. The van der Waals surface area contributed by atoms with Crippen molar-refractivity contribution in [3.63, 3.8) is 0 Å². The Labute approximate surface area is 93.5 Å². The van der Waals surface area contributed by atoms with Gasteiger partial charge in [0.1, 0.15) is 0 Å². The van der Waals surface area contributed by atoms with Gasteiger partial charge in [-0.25, -0.2) is 0 Å². The minimum atomic E-state index is -0.226. The summed E-state index contributed by atoms with van der Waals surface area (Å²) in [6, 6.07) is 10.1. The zero-order valence-corrected chi connectivity index (χ0v) is 9.09. The lowest BCUT2D eigenvalue weighted by Gasteiger charge is -2.00. The number of nitrogens with zero attached hydrogens (tertiary/aromatic N) is 1. The second-order valence-corrected chi connectivity index (χ2v) is 4.05. The van der Waals surface area contributed by atoms with E-state index in [4.69, 9.17) is 5.26 Å². The Morgan fingerprint density at radius 3 is 2.80 bits per heavy atom. The quantitative estimate of drug-likeness (QED) is 0.465.